The Bertz CT molecular complexity index is 447. The van der Waals surface area contributed by atoms with Crippen molar-refractivity contribution < 1.29 is 18.3 Å². The van der Waals surface area contributed by atoms with Crippen LogP contribution in [0.2, 0.25) is 0 Å². The van der Waals surface area contributed by atoms with Crippen molar-refractivity contribution in [3.05, 3.63) is 33.8 Å². The second kappa shape index (κ2) is 5.10. The van der Waals surface area contributed by atoms with Gasteiger partial charge in [-0.1, -0.05) is 0 Å². The zero-order chi connectivity index (χ0) is 12.4. The molecule has 6 heteroatoms. The third-order valence-electron chi connectivity index (χ3n) is 2.54. The first-order chi connectivity index (χ1) is 8.09. The number of benzene rings is 1. The van der Waals surface area contributed by atoms with Crippen molar-refractivity contribution in [3.63, 3.8) is 0 Å². The predicted molar refractivity (Wildman–Crippen MR) is 60.7 cm³/mol. The predicted octanol–water partition coefficient (Wildman–Crippen LogP) is 2.25. The van der Waals surface area contributed by atoms with Gasteiger partial charge in [0.1, 0.15) is 0 Å². The van der Waals surface area contributed by atoms with Crippen LogP contribution in [0.15, 0.2) is 16.6 Å². The Morgan fingerprint density at radius 3 is 2.82 bits per heavy atom. The van der Waals surface area contributed by atoms with Gasteiger partial charge in [0.15, 0.2) is 11.6 Å². The van der Waals surface area contributed by atoms with Gasteiger partial charge < -0.3 is 10.1 Å². The number of ether oxygens (including phenoxy) is 1. The van der Waals surface area contributed by atoms with Gasteiger partial charge in [0.25, 0.3) is 5.91 Å². The van der Waals surface area contributed by atoms with Crippen molar-refractivity contribution in [2.45, 2.75) is 12.5 Å². The maximum atomic E-state index is 13.5. The molecular weight excluding hydrogens is 296 g/mol. The first kappa shape index (κ1) is 12.4. The van der Waals surface area contributed by atoms with Gasteiger partial charge in [-0.25, -0.2) is 8.78 Å². The fourth-order valence-corrected chi connectivity index (χ4v) is 1.92. The van der Waals surface area contributed by atoms with Gasteiger partial charge in [-0.15, -0.1) is 0 Å². The summed E-state index contributed by atoms with van der Waals surface area (Å²) in [6.07, 6.45) is 0.687. The lowest BCUT2D eigenvalue weighted by Gasteiger charge is -2.11. The molecule has 0 radical (unpaired) electrons. The fourth-order valence-electron chi connectivity index (χ4n) is 1.61. The molecule has 2 rings (SSSR count). The highest BCUT2D eigenvalue weighted by Crippen LogP contribution is 2.21. The minimum atomic E-state index is -1.14. The molecule has 17 heavy (non-hydrogen) atoms. The minimum Gasteiger partial charge on any atom is -0.379 e. The minimum absolute atomic E-state index is 0.00394. The Kier molecular flexibility index (Phi) is 3.73. The number of carbonyl (C=O) groups is 1. The van der Waals surface area contributed by atoms with Crippen molar-refractivity contribution in [2.24, 2.45) is 0 Å². The van der Waals surface area contributed by atoms with Crippen LogP contribution < -0.4 is 5.32 Å². The molecule has 1 aromatic carbocycles. The average Bonchev–Trinajstić information content (AvgIpc) is 2.78. The number of amides is 1. The summed E-state index contributed by atoms with van der Waals surface area (Å²) >= 11 is 2.85. The Balaban J connectivity index is 2.16. The molecule has 0 aliphatic carbocycles. The zero-order valence-corrected chi connectivity index (χ0v) is 10.4. The Morgan fingerprint density at radius 1 is 1.41 bits per heavy atom. The number of hydrogen-bond donors (Lipinski definition) is 1. The molecule has 0 spiro atoms. The van der Waals surface area contributed by atoms with Crippen LogP contribution >= 0.6 is 15.9 Å². The maximum absolute atomic E-state index is 13.5. The molecule has 1 atom stereocenters. The van der Waals surface area contributed by atoms with E-state index in [1.807, 2.05) is 0 Å². The van der Waals surface area contributed by atoms with Crippen molar-refractivity contribution in [1.82, 2.24) is 5.32 Å². The average molecular weight is 306 g/mol. The molecule has 1 unspecified atom stereocenters. The van der Waals surface area contributed by atoms with Crippen LogP contribution in [0.4, 0.5) is 8.78 Å². The highest BCUT2D eigenvalue weighted by Gasteiger charge is 2.22. The Morgan fingerprint density at radius 2 is 2.18 bits per heavy atom. The molecule has 1 aliphatic rings. The van der Waals surface area contributed by atoms with Crippen LogP contribution in [0, 0.1) is 11.6 Å². The highest BCUT2D eigenvalue weighted by molar-refractivity contribution is 9.10. The number of rotatable bonds is 2. The summed E-state index contributed by atoms with van der Waals surface area (Å²) in [5.74, 6) is -2.82. The van der Waals surface area contributed by atoms with E-state index in [4.69, 9.17) is 4.74 Å². The van der Waals surface area contributed by atoms with Crippen molar-refractivity contribution >= 4 is 21.8 Å². The SMILES string of the molecule is O=C(NC1CCOC1)c1ccc(Br)c(F)c1F. The number of carbonyl (C=O) groups excluding carboxylic acids is 1. The van der Waals surface area contributed by atoms with Crippen LogP contribution in [0.5, 0.6) is 0 Å². The van der Waals surface area contributed by atoms with Crippen LogP contribution in [-0.2, 0) is 4.74 Å². The van der Waals surface area contributed by atoms with Gasteiger partial charge in [0.2, 0.25) is 0 Å². The topological polar surface area (TPSA) is 38.3 Å². The highest BCUT2D eigenvalue weighted by atomic mass is 79.9. The molecule has 3 nitrogen and oxygen atoms in total. The van der Waals surface area contributed by atoms with Crippen LogP contribution in [-0.4, -0.2) is 25.2 Å². The molecule has 1 aromatic rings. The van der Waals surface area contributed by atoms with E-state index in [2.05, 4.69) is 21.2 Å². The number of hydrogen-bond acceptors (Lipinski definition) is 2. The Hall–Kier alpha value is -1.01. The van der Waals surface area contributed by atoms with E-state index in [9.17, 15) is 13.6 Å². The standard InChI is InChI=1S/C11H10BrF2NO2/c12-8-2-1-7(9(13)10(8)14)11(16)15-6-3-4-17-5-6/h1-2,6H,3-5H2,(H,15,16). The quantitative estimate of drug-likeness (QED) is 0.851. The monoisotopic (exact) mass is 305 g/mol. The first-order valence-corrected chi connectivity index (χ1v) is 5.91. The number of halogens is 3. The first-order valence-electron chi connectivity index (χ1n) is 5.11. The molecule has 1 fully saturated rings. The van der Waals surface area contributed by atoms with E-state index in [1.165, 1.54) is 12.1 Å². The van der Waals surface area contributed by atoms with Gasteiger partial charge in [-0.05, 0) is 34.5 Å². The third kappa shape index (κ3) is 2.63. The van der Waals surface area contributed by atoms with Gasteiger partial charge in [0.05, 0.1) is 22.7 Å². The lowest BCUT2D eigenvalue weighted by Crippen LogP contribution is -2.35. The molecule has 0 saturated carbocycles. The van der Waals surface area contributed by atoms with Crippen molar-refractivity contribution in [3.8, 4) is 0 Å². The molecule has 1 heterocycles. The summed E-state index contributed by atoms with van der Waals surface area (Å²) in [5, 5.41) is 2.60. The summed E-state index contributed by atoms with van der Waals surface area (Å²) < 4.78 is 31.8. The number of nitrogens with one attached hydrogen (secondary N) is 1. The van der Waals surface area contributed by atoms with Gasteiger partial charge >= 0.3 is 0 Å². The second-order valence-corrected chi connectivity index (χ2v) is 4.61. The zero-order valence-electron chi connectivity index (χ0n) is 8.80. The molecule has 1 N–H and O–H groups in total. The van der Waals surface area contributed by atoms with Crippen LogP contribution in [0.3, 0.4) is 0 Å². The van der Waals surface area contributed by atoms with Crippen LogP contribution in [0.25, 0.3) is 0 Å². The van der Waals surface area contributed by atoms with Gasteiger partial charge in [0, 0.05) is 6.61 Å². The van der Waals surface area contributed by atoms with E-state index >= 15 is 0 Å². The Labute approximate surface area is 105 Å². The largest absolute Gasteiger partial charge is 0.379 e. The lowest BCUT2D eigenvalue weighted by molar-refractivity contribution is 0.0924. The fraction of sp³-hybridized carbons (Fsp3) is 0.364. The van der Waals surface area contributed by atoms with E-state index in [0.717, 1.165) is 0 Å². The van der Waals surface area contributed by atoms with E-state index in [1.54, 1.807) is 0 Å². The summed E-state index contributed by atoms with van der Waals surface area (Å²) in [7, 11) is 0. The van der Waals surface area contributed by atoms with Gasteiger partial charge in [-0.2, -0.15) is 0 Å². The van der Waals surface area contributed by atoms with Gasteiger partial charge in [-0.3, -0.25) is 4.79 Å². The summed E-state index contributed by atoms with van der Waals surface area (Å²) in [5.41, 5.74) is -0.294. The van der Waals surface area contributed by atoms with E-state index < -0.39 is 17.5 Å². The third-order valence-corrected chi connectivity index (χ3v) is 3.16. The van der Waals surface area contributed by atoms with E-state index in [0.29, 0.717) is 19.6 Å². The normalized spacial score (nSPS) is 19.4. The molecule has 92 valence electrons. The maximum Gasteiger partial charge on any atom is 0.254 e. The molecule has 1 aliphatic heterocycles. The molecule has 0 aromatic heterocycles. The molecular formula is C11H10BrF2NO2. The van der Waals surface area contributed by atoms with E-state index in [-0.39, 0.29) is 16.1 Å². The van der Waals surface area contributed by atoms with Crippen molar-refractivity contribution in [1.29, 1.82) is 0 Å². The molecule has 0 bridgehead atoms. The van der Waals surface area contributed by atoms with Crippen LogP contribution in [0.1, 0.15) is 16.8 Å². The molecule has 1 saturated heterocycles. The second-order valence-electron chi connectivity index (χ2n) is 3.76. The van der Waals surface area contributed by atoms with Crippen molar-refractivity contribution in [2.75, 3.05) is 13.2 Å². The summed E-state index contributed by atoms with van der Waals surface area (Å²) in [6.45, 7) is 0.981. The summed E-state index contributed by atoms with van der Waals surface area (Å²) in [4.78, 5) is 11.7. The summed E-state index contributed by atoms with van der Waals surface area (Å²) in [6, 6.07) is 2.42. The smallest absolute Gasteiger partial charge is 0.254 e. The lowest BCUT2D eigenvalue weighted by atomic mass is 10.1. The molecule has 1 amide bonds.